The summed E-state index contributed by atoms with van der Waals surface area (Å²) in [4.78, 5) is 9.97. The first-order chi connectivity index (χ1) is 4.77. The Hall–Kier alpha value is -0.610. The summed E-state index contributed by atoms with van der Waals surface area (Å²) in [6, 6.07) is 0. The maximum atomic E-state index is 9.97. The normalized spacial score (nSPS) is 9.70. The minimum Gasteiger partial charge on any atom is -0.481 e. The van der Waals surface area contributed by atoms with Crippen molar-refractivity contribution in [2.45, 2.75) is 25.7 Å². The van der Waals surface area contributed by atoms with Gasteiger partial charge >= 0.3 is 5.97 Å². The minimum atomic E-state index is -0.753. The smallest absolute Gasteiger partial charge is 0.303 e. The summed E-state index contributed by atoms with van der Waals surface area (Å²) in [6.45, 7) is 0.541. The number of hydroxylamine groups is 1. The molecular formula is C6H13NO3. The molecule has 0 rings (SSSR count). The van der Waals surface area contributed by atoms with Crippen molar-refractivity contribution in [1.82, 2.24) is 5.48 Å². The van der Waals surface area contributed by atoms with Gasteiger partial charge in [-0.3, -0.25) is 4.79 Å². The summed E-state index contributed by atoms with van der Waals surface area (Å²) in [5.74, 6) is -0.753. The van der Waals surface area contributed by atoms with E-state index in [-0.39, 0.29) is 6.42 Å². The molecule has 0 aliphatic heterocycles. The van der Waals surface area contributed by atoms with Gasteiger partial charge in [-0.2, -0.15) is 0 Å². The first kappa shape index (κ1) is 9.39. The Morgan fingerprint density at radius 1 is 1.30 bits per heavy atom. The molecule has 0 spiro atoms. The summed E-state index contributed by atoms with van der Waals surface area (Å²) in [5.41, 5.74) is 2.01. The number of nitrogens with one attached hydrogen (secondary N) is 1. The Morgan fingerprint density at radius 2 is 2.00 bits per heavy atom. The van der Waals surface area contributed by atoms with Gasteiger partial charge in [0.2, 0.25) is 0 Å². The molecule has 4 heteroatoms. The second kappa shape index (κ2) is 6.51. The highest BCUT2D eigenvalue weighted by molar-refractivity contribution is 5.66. The average Bonchev–Trinajstić information content (AvgIpc) is 1.87. The highest BCUT2D eigenvalue weighted by Crippen LogP contribution is 1.97. The van der Waals surface area contributed by atoms with E-state index in [2.05, 4.69) is 0 Å². The van der Waals surface area contributed by atoms with Crippen molar-refractivity contribution in [3.8, 4) is 0 Å². The van der Waals surface area contributed by atoms with Crippen LogP contribution in [0.4, 0.5) is 0 Å². The van der Waals surface area contributed by atoms with Crippen molar-refractivity contribution in [1.29, 1.82) is 0 Å². The van der Waals surface area contributed by atoms with Crippen molar-refractivity contribution in [2.24, 2.45) is 0 Å². The Morgan fingerprint density at radius 3 is 2.50 bits per heavy atom. The van der Waals surface area contributed by atoms with Crippen LogP contribution in [0.2, 0.25) is 0 Å². The third-order valence-electron chi connectivity index (χ3n) is 1.18. The molecule has 0 aliphatic carbocycles. The van der Waals surface area contributed by atoms with Crippen LogP contribution < -0.4 is 5.48 Å². The van der Waals surface area contributed by atoms with Crippen LogP contribution in [0.3, 0.4) is 0 Å². The highest BCUT2D eigenvalue weighted by atomic mass is 16.5. The number of carbonyl (C=O) groups is 1. The average molecular weight is 147 g/mol. The van der Waals surface area contributed by atoms with Gasteiger partial charge in [-0.25, -0.2) is 5.48 Å². The van der Waals surface area contributed by atoms with Crippen molar-refractivity contribution >= 4 is 5.97 Å². The molecule has 0 heterocycles. The molecular weight excluding hydrogens is 134 g/mol. The van der Waals surface area contributed by atoms with Crippen LogP contribution in [0.5, 0.6) is 0 Å². The van der Waals surface area contributed by atoms with Crippen LogP contribution in [0.15, 0.2) is 0 Å². The first-order valence-corrected chi connectivity index (χ1v) is 3.36. The van der Waals surface area contributed by atoms with Crippen LogP contribution in [0, 0.1) is 0 Å². The van der Waals surface area contributed by atoms with Gasteiger partial charge in [0.1, 0.15) is 0 Å². The molecule has 3 N–H and O–H groups in total. The molecule has 0 amide bonds. The molecule has 0 aromatic carbocycles. The molecule has 10 heavy (non-hydrogen) atoms. The van der Waals surface area contributed by atoms with Gasteiger partial charge in [-0.15, -0.1) is 0 Å². The molecule has 0 atom stereocenters. The molecule has 60 valence electrons. The fourth-order valence-corrected chi connectivity index (χ4v) is 0.657. The van der Waals surface area contributed by atoms with Crippen LogP contribution in [-0.4, -0.2) is 22.8 Å². The molecule has 0 saturated heterocycles. The standard InChI is InChI=1S/C6H13NO3/c8-6(9)4-2-1-3-5-7-10/h7,10H,1-5H2,(H,8,9). The van der Waals surface area contributed by atoms with Crippen molar-refractivity contribution in [3.63, 3.8) is 0 Å². The van der Waals surface area contributed by atoms with Gasteiger partial charge in [0.25, 0.3) is 0 Å². The number of aliphatic carboxylic acids is 1. The zero-order chi connectivity index (χ0) is 7.82. The topological polar surface area (TPSA) is 69.6 Å². The van der Waals surface area contributed by atoms with Crippen LogP contribution in [0.25, 0.3) is 0 Å². The fourth-order valence-electron chi connectivity index (χ4n) is 0.657. The Bertz CT molecular complexity index is 95.0. The molecule has 0 aromatic rings. The maximum Gasteiger partial charge on any atom is 0.303 e. The maximum absolute atomic E-state index is 9.97. The molecule has 0 radical (unpaired) electrons. The van der Waals surface area contributed by atoms with Crippen LogP contribution >= 0.6 is 0 Å². The van der Waals surface area contributed by atoms with E-state index in [9.17, 15) is 4.79 Å². The second-order valence-electron chi connectivity index (χ2n) is 2.11. The van der Waals surface area contributed by atoms with Crippen molar-refractivity contribution in [2.75, 3.05) is 6.54 Å². The van der Waals surface area contributed by atoms with E-state index in [4.69, 9.17) is 10.3 Å². The molecule has 0 aromatic heterocycles. The largest absolute Gasteiger partial charge is 0.481 e. The zero-order valence-electron chi connectivity index (χ0n) is 5.84. The van der Waals surface area contributed by atoms with Gasteiger partial charge < -0.3 is 10.3 Å². The number of hydrogen-bond donors (Lipinski definition) is 3. The molecule has 4 nitrogen and oxygen atoms in total. The van der Waals surface area contributed by atoms with Gasteiger partial charge in [-0.05, 0) is 12.8 Å². The lowest BCUT2D eigenvalue weighted by atomic mass is 10.2. The Labute approximate surface area is 59.8 Å². The van der Waals surface area contributed by atoms with E-state index in [1.807, 2.05) is 5.48 Å². The first-order valence-electron chi connectivity index (χ1n) is 3.36. The summed E-state index contributed by atoms with van der Waals surface area (Å²) in [5, 5.41) is 16.3. The lowest BCUT2D eigenvalue weighted by Gasteiger charge is -1.95. The number of carboxylic acids is 1. The predicted octanol–water partition coefficient (Wildman–Crippen LogP) is 0.610. The number of unbranched alkanes of at least 4 members (excludes halogenated alkanes) is 2. The van der Waals surface area contributed by atoms with E-state index in [1.165, 1.54) is 0 Å². The van der Waals surface area contributed by atoms with Crippen molar-refractivity contribution in [3.05, 3.63) is 0 Å². The Balaban J connectivity index is 2.84. The summed E-state index contributed by atoms with van der Waals surface area (Å²) < 4.78 is 0. The van der Waals surface area contributed by atoms with E-state index in [0.29, 0.717) is 13.0 Å². The van der Waals surface area contributed by atoms with Crippen LogP contribution in [-0.2, 0) is 4.79 Å². The van der Waals surface area contributed by atoms with Gasteiger partial charge in [0.05, 0.1) is 0 Å². The van der Waals surface area contributed by atoms with E-state index in [0.717, 1.165) is 12.8 Å². The lowest BCUT2D eigenvalue weighted by molar-refractivity contribution is -0.137. The summed E-state index contributed by atoms with van der Waals surface area (Å²) >= 11 is 0. The molecule has 0 aliphatic rings. The number of rotatable bonds is 6. The van der Waals surface area contributed by atoms with E-state index < -0.39 is 5.97 Å². The van der Waals surface area contributed by atoms with Crippen LogP contribution in [0.1, 0.15) is 25.7 Å². The van der Waals surface area contributed by atoms with E-state index in [1.54, 1.807) is 0 Å². The number of carboxylic acid groups (broad SMARTS) is 1. The second-order valence-corrected chi connectivity index (χ2v) is 2.11. The SMILES string of the molecule is O=C(O)CCCCCNO. The van der Waals surface area contributed by atoms with Gasteiger partial charge in [0.15, 0.2) is 0 Å². The third-order valence-corrected chi connectivity index (χ3v) is 1.18. The quantitative estimate of drug-likeness (QED) is 0.380. The molecule has 0 unspecified atom stereocenters. The summed E-state index contributed by atoms with van der Waals surface area (Å²) in [6.07, 6.45) is 2.59. The van der Waals surface area contributed by atoms with Crippen molar-refractivity contribution < 1.29 is 15.1 Å². The molecule has 0 saturated carbocycles. The Kier molecular flexibility index (Phi) is 6.11. The lowest BCUT2D eigenvalue weighted by Crippen LogP contribution is -2.08. The molecule has 0 fully saturated rings. The predicted molar refractivity (Wildman–Crippen MR) is 35.9 cm³/mol. The minimum absolute atomic E-state index is 0.228. The monoisotopic (exact) mass is 147 g/mol. The summed E-state index contributed by atoms with van der Waals surface area (Å²) in [7, 11) is 0. The fraction of sp³-hybridized carbons (Fsp3) is 0.833. The van der Waals surface area contributed by atoms with Gasteiger partial charge in [-0.1, -0.05) is 6.42 Å². The zero-order valence-corrected chi connectivity index (χ0v) is 5.84. The van der Waals surface area contributed by atoms with Gasteiger partial charge in [0, 0.05) is 13.0 Å². The third kappa shape index (κ3) is 7.39. The number of hydrogen-bond acceptors (Lipinski definition) is 3. The highest BCUT2D eigenvalue weighted by Gasteiger charge is 1.94. The molecule has 0 bridgehead atoms. The van der Waals surface area contributed by atoms with E-state index >= 15 is 0 Å².